The van der Waals surface area contributed by atoms with Crippen LogP contribution in [0.25, 0.3) is 0 Å². The van der Waals surface area contributed by atoms with Crippen molar-refractivity contribution < 1.29 is 110 Å². The Balaban J connectivity index is 0.0000143. The third-order valence-corrected chi connectivity index (χ3v) is 15.4. The number of nitrogens with one attached hydrogen (secondary N) is 15. The number of nitrogens with zero attached hydrogens (tertiary/aromatic N) is 1. The predicted octanol–water partition coefficient (Wildman–Crippen LogP) is -7.36. The van der Waals surface area contributed by atoms with Crippen molar-refractivity contribution in [2.45, 2.75) is 167 Å². The van der Waals surface area contributed by atoms with E-state index in [1.807, 2.05) is 0 Å². The second-order valence-electron chi connectivity index (χ2n) is 24.7. The second kappa shape index (κ2) is 49.3. The van der Waals surface area contributed by atoms with Crippen LogP contribution in [0.3, 0.4) is 0 Å². The van der Waals surface area contributed by atoms with Gasteiger partial charge < -0.3 is 112 Å². The molecule has 104 heavy (non-hydrogen) atoms. The van der Waals surface area contributed by atoms with E-state index < -0.39 is 231 Å². The van der Waals surface area contributed by atoms with Crippen LogP contribution >= 0.6 is 24.4 Å². The molecule has 24 N–H and O–H groups in total. The summed E-state index contributed by atoms with van der Waals surface area (Å²) < 4.78 is 31.7. The summed E-state index contributed by atoms with van der Waals surface area (Å²) in [6, 6.07) is -13.6. The number of hydrogen-bond donors (Lipinski definition) is 22. The number of carboxylic acids is 2. The lowest BCUT2D eigenvalue weighted by Gasteiger charge is -2.27. The molecule has 15 amide bonds. The summed E-state index contributed by atoms with van der Waals surface area (Å²) in [4.78, 5) is 225. The highest BCUT2D eigenvalue weighted by molar-refractivity contribution is 7.98. The number of H-pyrrole nitrogens is 1. The van der Waals surface area contributed by atoms with Gasteiger partial charge >= 0.3 is 18.1 Å². The number of primary amides is 1. The highest BCUT2D eigenvalue weighted by Gasteiger charge is 2.39. The molecule has 1 rings (SSSR count). The van der Waals surface area contributed by atoms with Crippen molar-refractivity contribution in [1.82, 2.24) is 84.4 Å². The van der Waals surface area contributed by atoms with Crippen molar-refractivity contribution in [3.8, 4) is 0 Å². The van der Waals surface area contributed by atoms with Gasteiger partial charge in [-0.1, -0.05) is 55.4 Å². The summed E-state index contributed by atoms with van der Waals surface area (Å²) in [6.45, 7) is 8.78. The number of aromatic amines is 1. The molecule has 1 heterocycles. The van der Waals surface area contributed by atoms with Gasteiger partial charge in [0.15, 0.2) is 0 Å². The minimum Gasteiger partial charge on any atom is -0.480 e. The number of alkyl halides is 3. The average molecular weight is 1530 g/mol. The third-order valence-electron chi connectivity index (χ3n) is 14.3. The predicted molar refractivity (Wildman–Crippen MR) is 369 cm³/mol. The molecule has 39 nitrogen and oxygen atoms in total. The molecule has 0 aliphatic heterocycles. The van der Waals surface area contributed by atoms with Crippen LogP contribution in [0.1, 0.15) is 99.6 Å². The zero-order valence-electron chi connectivity index (χ0n) is 59.0. The Labute approximate surface area is 606 Å². The fourth-order valence-corrected chi connectivity index (χ4v) is 9.38. The Morgan fingerprint density at radius 3 is 1.41 bits per heavy atom. The van der Waals surface area contributed by atoms with Gasteiger partial charge in [0.1, 0.15) is 54.4 Å². The van der Waals surface area contributed by atoms with E-state index in [4.69, 9.17) is 27.1 Å². The summed E-state index contributed by atoms with van der Waals surface area (Å²) in [6.07, 6.45) is -1.16. The number of amides is 15. The molecule has 588 valence electrons. The van der Waals surface area contributed by atoms with Crippen molar-refractivity contribution >= 4 is 125 Å². The number of carboxylic acid groups (broad SMARTS) is 2. The molecule has 0 aromatic carbocycles. The molecule has 0 aliphatic carbocycles. The Bertz CT molecular complexity index is 3060. The molecule has 0 radical (unpaired) electrons. The lowest BCUT2D eigenvalue weighted by Crippen LogP contribution is -2.59. The summed E-state index contributed by atoms with van der Waals surface area (Å²) in [7, 11) is 0. The van der Waals surface area contributed by atoms with Crippen molar-refractivity contribution in [1.29, 1.82) is 0 Å². The molecular formula is C60H100F3N19O20S2. The van der Waals surface area contributed by atoms with Gasteiger partial charge in [0, 0.05) is 24.1 Å². The number of imidazole rings is 1. The lowest BCUT2D eigenvalue weighted by molar-refractivity contribution is -0.192. The van der Waals surface area contributed by atoms with Crippen molar-refractivity contribution in [3.63, 3.8) is 0 Å². The molecule has 0 aliphatic rings. The Morgan fingerprint density at radius 1 is 0.529 bits per heavy atom. The fraction of sp³-hybridized carbons (Fsp3) is 0.667. The molecule has 0 spiro atoms. The van der Waals surface area contributed by atoms with Gasteiger partial charge in [0.25, 0.3) is 0 Å². The first-order valence-electron chi connectivity index (χ1n) is 32.5. The van der Waals surface area contributed by atoms with Crippen molar-refractivity contribution in [2.75, 3.05) is 63.6 Å². The number of aliphatic carboxylic acids is 2. The van der Waals surface area contributed by atoms with Crippen LogP contribution in [-0.4, -0.2) is 256 Å². The number of unbranched alkanes of at least 4 members (excludes halogenated alkanes) is 1. The standard InChI is InChI=1S/C58H99N19O18S2.C2HF3O2/c1-28(2)16-36(54(90)73-35(13-15-97-9)53(89)76-46(29(3)4)56(92)67-20-41(80)63-21-45(84)75-47(30(5)6)57(93)77-48(31(7)8)58(94)95)69-43(82)24-66-51(87)39(25-78)74-52(88)34(12-10-11-14-59)72-55(91)38(18-40(61)79)71-44(83)23-65-50(86)37(17-32-19-62-27-68-32)70-42(81)22-64-49(85)33(60)26-96;3-2(4,5)1(6)7/h19,27-31,33-39,46-48,78,96H,10-18,20-26,59-60H2,1-9H3,(H2,61,79)(H,62,68)(H,63,80)(H,64,85)(H,65,86)(H,66,87)(H,67,92)(H,69,82)(H,70,81)(H,71,83)(H,72,91)(H,73,90)(H,74,88)(H,75,84)(H,76,89)(H,77,93)(H,94,95);(H,6,7)/t33-,34-,35-,36-,37-,38-,39-,46-,47-,48-;/m0./s1. The summed E-state index contributed by atoms with van der Waals surface area (Å²) in [5.74, 6) is -18.9. The van der Waals surface area contributed by atoms with Gasteiger partial charge in [0.05, 0.1) is 58.1 Å². The van der Waals surface area contributed by atoms with Gasteiger partial charge in [-0.3, -0.25) is 71.9 Å². The normalized spacial score (nSPS) is 14.0. The maximum absolute atomic E-state index is 14.0. The first kappa shape index (κ1) is 94.6. The third kappa shape index (κ3) is 38.7. The molecule has 0 fully saturated rings. The number of aromatic nitrogens is 2. The van der Waals surface area contributed by atoms with Crippen LogP contribution in [0.4, 0.5) is 13.2 Å². The molecule has 44 heteroatoms. The molecule has 0 saturated carbocycles. The number of nitrogens with two attached hydrogens (primary N) is 3. The number of carbonyl (C=O) groups excluding carboxylic acids is 15. The maximum atomic E-state index is 14.0. The Morgan fingerprint density at radius 2 is 0.952 bits per heavy atom. The summed E-state index contributed by atoms with van der Waals surface area (Å²) in [5.41, 5.74) is 17.1. The highest BCUT2D eigenvalue weighted by Crippen LogP contribution is 2.14. The second-order valence-corrected chi connectivity index (χ2v) is 26.1. The van der Waals surface area contributed by atoms with E-state index in [1.165, 1.54) is 24.3 Å². The van der Waals surface area contributed by atoms with Gasteiger partial charge in [-0.2, -0.15) is 37.6 Å². The number of thiol groups is 1. The van der Waals surface area contributed by atoms with E-state index in [2.05, 4.69) is 97.0 Å². The van der Waals surface area contributed by atoms with Crippen LogP contribution in [0.5, 0.6) is 0 Å². The largest absolute Gasteiger partial charge is 0.490 e. The quantitative estimate of drug-likeness (QED) is 0.0213. The molecule has 0 bridgehead atoms. The van der Waals surface area contributed by atoms with Crippen molar-refractivity contribution in [2.24, 2.45) is 40.9 Å². The first-order valence-corrected chi connectivity index (χ1v) is 34.6. The summed E-state index contributed by atoms with van der Waals surface area (Å²) in [5, 5.41) is 60.4. The van der Waals surface area contributed by atoms with E-state index in [0.29, 0.717) is 17.9 Å². The molecular weight excluding hydrogens is 1430 g/mol. The van der Waals surface area contributed by atoms with E-state index in [0.717, 1.165) is 0 Å². The topological polar surface area (TPSA) is 626 Å². The number of halogens is 3. The minimum atomic E-state index is -5.08. The molecule has 0 unspecified atom stereocenters. The monoisotopic (exact) mass is 1530 g/mol. The number of rotatable bonds is 47. The fourth-order valence-electron chi connectivity index (χ4n) is 8.74. The van der Waals surface area contributed by atoms with Crippen LogP contribution in [-0.2, 0) is 87.9 Å². The highest BCUT2D eigenvalue weighted by atomic mass is 32.2. The van der Waals surface area contributed by atoms with E-state index in [9.17, 15) is 100 Å². The summed E-state index contributed by atoms with van der Waals surface area (Å²) >= 11 is 5.27. The molecule has 10 atom stereocenters. The minimum absolute atomic E-state index is 0.0121. The lowest BCUT2D eigenvalue weighted by atomic mass is 10.0. The zero-order chi connectivity index (χ0) is 79.7. The van der Waals surface area contributed by atoms with E-state index in [1.54, 1.807) is 61.6 Å². The van der Waals surface area contributed by atoms with E-state index in [-0.39, 0.29) is 50.3 Å². The van der Waals surface area contributed by atoms with Crippen molar-refractivity contribution in [3.05, 3.63) is 18.2 Å². The SMILES string of the molecule is CSCC[C@H](NC(=O)[C@H](CC(C)C)NC(=O)CNC(=O)[C@H](CO)NC(=O)[C@H](CCCCN)NC(=O)[C@H](CC(N)=O)NC(=O)CNC(=O)[C@H](Cc1cnc[nH]1)NC(=O)CNC(=O)[C@@H](N)CS)C(=O)N[C@H](C(=O)NCC(=O)NCC(=O)N[C@H](C(=O)N[C@H](C(=O)O)C(C)C)C(C)C)C(C)C.O=C(O)C(F)(F)F. The number of thioether (sulfide) groups is 1. The van der Waals surface area contributed by atoms with Gasteiger partial charge in [-0.25, -0.2) is 14.6 Å². The number of carbonyl (C=O) groups is 17. The van der Waals surface area contributed by atoms with Crippen LogP contribution < -0.4 is 91.6 Å². The number of aliphatic hydroxyl groups excluding tert-OH is 1. The van der Waals surface area contributed by atoms with Crippen LogP contribution in [0.15, 0.2) is 12.5 Å². The Kier molecular flexibility index (Phi) is 44.8. The maximum Gasteiger partial charge on any atom is 0.490 e. The average Bonchev–Trinajstić information content (AvgIpc) is 0.972. The smallest absolute Gasteiger partial charge is 0.480 e. The molecule has 1 aromatic rings. The van der Waals surface area contributed by atoms with Crippen LogP contribution in [0.2, 0.25) is 0 Å². The molecule has 0 saturated heterocycles. The number of aliphatic hydroxyl groups is 1. The van der Waals surface area contributed by atoms with Crippen LogP contribution in [0, 0.1) is 23.7 Å². The Hall–Kier alpha value is -9.43. The number of hydrogen-bond acceptors (Lipinski definition) is 23. The first-order chi connectivity index (χ1) is 48.5. The molecule has 1 aromatic heterocycles. The van der Waals surface area contributed by atoms with Gasteiger partial charge in [0.2, 0.25) is 88.6 Å². The van der Waals surface area contributed by atoms with Gasteiger partial charge in [-0.05, 0) is 74.3 Å². The zero-order valence-corrected chi connectivity index (χ0v) is 60.7. The van der Waals surface area contributed by atoms with E-state index >= 15 is 0 Å². The van der Waals surface area contributed by atoms with Gasteiger partial charge in [-0.15, -0.1) is 0 Å².